The number of hydrogen-bond donors (Lipinski definition) is 1. The number of nitrogen functional groups attached to an aromatic ring is 1. The number of hydrogen-bond acceptors (Lipinski definition) is 5. The predicted molar refractivity (Wildman–Crippen MR) is 81.5 cm³/mol. The highest BCUT2D eigenvalue weighted by Crippen LogP contribution is 2.33. The van der Waals surface area contributed by atoms with E-state index in [0.717, 1.165) is 27.0 Å². The van der Waals surface area contributed by atoms with Gasteiger partial charge < -0.3 is 5.73 Å². The molecule has 0 radical (unpaired) electrons. The van der Waals surface area contributed by atoms with Gasteiger partial charge in [0.25, 0.3) is 0 Å². The van der Waals surface area contributed by atoms with E-state index in [2.05, 4.69) is 29.0 Å². The molecule has 98 valence electrons. The van der Waals surface area contributed by atoms with Crippen molar-refractivity contribution in [3.05, 3.63) is 40.3 Å². The molecule has 5 heteroatoms. The minimum absolute atomic E-state index is 0.235. The molecular formula is C15H12N4S. The molecule has 0 unspecified atom stereocenters. The SMILES string of the molecule is Cc1ccc(-c2nc(N)nc3sc(C#N)cc23)c(C)c1. The van der Waals surface area contributed by atoms with Crippen molar-refractivity contribution in [2.24, 2.45) is 0 Å². The van der Waals surface area contributed by atoms with Crippen LogP contribution in [0.3, 0.4) is 0 Å². The number of benzene rings is 1. The zero-order chi connectivity index (χ0) is 14.3. The molecule has 0 aliphatic rings. The van der Waals surface area contributed by atoms with Gasteiger partial charge in [-0.1, -0.05) is 23.8 Å². The van der Waals surface area contributed by atoms with Crippen molar-refractivity contribution < 1.29 is 0 Å². The summed E-state index contributed by atoms with van der Waals surface area (Å²) in [5.41, 5.74) is 9.95. The molecule has 0 saturated carbocycles. The second kappa shape index (κ2) is 4.58. The second-order valence-corrected chi connectivity index (χ2v) is 5.72. The maximum atomic E-state index is 9.04. The summed E-state index contributed by atoms with van der Waals surface area (Å²) in [6, 6.07) is 10.2. The summed E-state index contributed by atoms with van der Waals surface area (Å²) in [6.45, 7) is 4.10. The molecule has 1 aromatic carbocycles. The van der Waals surface area contributed by atoms with E-state index >= 15 is 0 Å². The first-order valence-corrected chi connectivity index (χ1v) is 6.95. The van der Waals surface area contributed by atoms with Crippen molar-refractivity contribution in [2.45, 2.75) is 13.8 Å². The first-order chi connectivity index (χ1) is 9.58. The van der Waals surface area contributed by atoms with E-state index in [1.54, 1.807) is 0 Å². The lowest BCUT2D eigenvalue weighted by atomic mass is 10.0. The Hall–Kier alpha value is -2.45. The van der Waals surface area contributed by atoms with Crippen LogP contribution in [0.25, 0.3) is 21.5 Å². The van der Waals surface area contributed by atoms with E-state index in [4.69, 9.17) is 11.0 Å². The smallest absolute Gasteiger partial charge is 0.221 e. The van der Waals surface area contributed by atoms with Gasteiger partial charge in [-0.05, 0) is 25.5 Å². The van der Waals surface area contributed by atoms with Crippen LogP contribution in [0.2, 0.25) is 0 Å². The third-order valence-electron chi connectivity index (χ3n) is 3.16. The minimum Gasteiger partial charge on any atom is -0.368 e. The number of nitrogens with zero attached hydrogens (tertiary/aromatic N) is 3. The van der Waals surface area contributed by atoms with Crippen molar-refractivity contribution in [2.75, 3.05) is 5.73 Å². The van der Waals surface area contributed by atoms with Gasteiger partial charge in [-0.2, -0.15) is 5.26 Å². The average molecular weight is 280 g/mol. The van der Waals surface area contributed by atoms with Gasteiger partial charge in [0.1, 0.15) is 15.8 Å². The molecular weight excluding hydrogens is 268 g/mol. The molecule has 0 aliphatic heterocycles. The number of nitriles is 1. The van der Waals surface area contributed by atoms with E-state index < -0.39 is 0 Å². The summed E-state index contributed by atoms with van der Waals surface area (Å²) in [7, 11) is 0. The van der Waals surface area contributed by atoms with Crippen LogP contribution in [0.15, 0.2) is 24.3 Å². The van der Waals surface area contributed by atoms with E-state index in [1.807, 2.05) is 25.1 Å². The molecule has 4 nitrogen and oxygen atoms in total. The van der Waals surface area contributed by atoms with Gasteiger partial charge in [0.05, 0.1) is 5.69 Å². The normalized spacial score (nSPS) is 10.7. The van der Waals surface area contributed by atoms with Gasteiger partial charge >= 0.3 is 0 Å². The molecule has 3 aromatic rings. The maximum absolute atomic E-state index is 9.04. The van der Waals surface area contributed by atoms with E-state index in [1.165, 1.54) is 16.9 Å². The fourth-order valence-electron chi connectivity index (χ4n) is 2.28. The fourth-order valence-corrected chi connectivity index (χ4v) is 3.11. The average Bonchev–Trinajstić information content (AvgIpc) is 2.81. The highest BCUT2D eigenvalue weighted by atomic mass is 32.1. The number of thiophene rings is 1. The monoisotopic (exact) mass is 280 g/mol. The summed E-state index contributed by atoms with van der Waals surface area (Å²) < 4.78 is 0. The number of aromatic nitrogens is 2. The fraction of sp³-hybridized carbons (Fsp3) is 0.133. The first-order valence-electron chi connectivity index (χ1n) is 6.13. The van der Waals surface area contributed by atoms with Crippen molar-refractivity contribution in [3.63, 3.8) is 0 Å². The number of aryl methyl sites for hydroxylation is 2. The van der Waals surface area contributed by atoms with Crippen LogP contribution in [0.4, 0.5) is 5.95 Å². The minimum atomic E-state index is 0.235. The predicted octanol–water partition coefficient (Wildman–Crippen LogP) is 3.43. The zero-order valence-electron chi connectivity index (χ0n) is 11.1. The topological polar surface area (TPSA) is 75.6 Å². The second-order valence-electron chi connectivity index (χ2n) is 4.69. The Morgan fingerprint density at radius 1 is 1.20 bits per heavy atom. The van der Waals surface area contributed by atoms with Gasteiger partial charge in [-0.3, -0.25) is 0 Å². The molecule has 2 heterocycles. The number of fused-ring (bicyclic) bond motifs is 1. The highest BCUT2D eigenvalue weighted by Gasteiger charge is 2.13. The van der Waals surface area contributed by atoms with Crippen LogP contribution in [0, 0.1) is 25.2 Å². The van der Waals surface area contributed by atoms with Crippen LogP contribution in [0.5, 0.6) is 0 Å². The molecule has 0 saturated heterocycles. The van der Waals surface area contributed by atoms with E-state index in [-0.39, 0.29) is 5.95 Å². The zero-order valence-corrected chi connectivity index (χ0v) is 12.0. The Morgan fingerprint density at radius 2 is 2.00 bits per heavy atom. The lowest BCUT2D eigenvalue weighted by Crippen LogP contribution is -1.97. The number of nitrogens with two attached hydrogens (primary N) is 1. The van der Waals surface area contributed by atoms with Gasteiger partial charge in [-0.15, -0.1) is 11.3 Å². The Balaban J connectivity index is 2.35. The number of rotatable bonds is 1. The Kier molecular flexibility index (Phi) is 2.88. The van der Waals surface area contributed by atoms with Gasteiger partial charge in [0, 0.05) is 10.9 Å². The quantitative estimate of drug-likeness (QED) is 0.741. The Morgan fingerprint density at radius 3 is 2.70 bits per heavy atom. The van der Waals surface area contributed by atoms with Crippen LogP contribution in [0.1, 0.15) is 16.0 Å². The molecule has 0 spiro atoms. The van der Waals surface area contributed by atoms with Crippen LogP contribution in [-0.2, 0) is 0 Å². The molecule has 0 aliphatic carbocycles. The lowest BCUT2D eigenvalue weighted by Gasteiger charge is -2.08. The summed E-state index contributed by atoms with van der Waals surface area (Å²) in [5, 5.41) is 9.92. The van der Waals surface area contributed by atoms with Crippen molar-refractivity contribution >= 4 is 27.5 Å². The molecule has 0 bridgehead atoms. The van der Waals surface area contributed by atoms with Crippen molar-refractivity contribution in [1.82, 2.24) is 9.97 Å². The van der Waals surface area contributed by atoms with Crippen LogP contribution in [-0.4, -0.2) is 9.97 Å². The molecule has 0 fully saturated rings. The Labute approximate surface area is 120 Å². The van der Waals surface area contributed by atoms with Crippen molar-refractivity contribution in [1.29, 1.82) is 5.26 Å². The summed E-state index contributed by atoms with van der Waals surface area (Å²) in [5.74, 6) is 0.235. The summed E-state index contributed by atoms with van der Waals surface area (Å²) in [6.07, 6.45) is 0. The molecule has 3 rings (SSSR count). The Bertz CT molecular complexity index is 858. The van der Waals surface area contributed by atoms with Crippen LogP contribution >= 0.6 is 11.3 Å². The third kappa shape index (κ3) is 2.00. The summed E-state index contributed by atoms with van der Waals surface area (Å²) >= 11 is 1.34. The molecule has 0 atom stereocenters. The first kappa shape index (κ1) is 12.6. The van der Waals surface area contributed by atoms with Gasteiger partial charge in [0.15, 0.2) is 0 Å². The summed E-state index contributed by atoms with van der Waals surface area (Å²) in [4.78, 5) is 9.96. The van der Waals surface area contributed by atoms with Crippen molar-refractivity contribution in [3.8, 4) is 17.3 Å². The molecule has 2 aromatic heterocycles. The molecule has 0 amide bonds. The maximum Gasteiger partial charge on any atom is 0.221 e. The van der Waals surface area contributed by atoms with E-state index in [0.29, 0.717) is 4.88 Å². The van der Waals surface area contributed by atoms with Gasteiger partial charge in [-0.25, -0.2) is 9.97 Å². The van der Waals surface area contributed by atoms with E-state index in [9.17, 15) is 0 Å². The van der Waals surface area contributed by atoms with Crippen LogP contribution < -0.4 is 5.73 Å². The molecule has 2 N–H and O–H groups in total. The lowest BCUT2D eigenvalue weighted by molar-refractivity contribution is 1.24. The standard InChI is InChI=1S/C15H12N4S/c1-8-3-4-11(9(2)5-8)13-12-6-10(7-16)20-14(12)19-15(17)18-13/h3-6H,1-2H3,(H2,17,18,19). The largest absolute Gasteiger partial charge is 0.368 e. The number of anilines is 1. The van der Waals surface area contributed by atoms with Gasteiger partial charge in [0.2, 0.25) is 5.95 Å². The third-order valence-corrected chi connectivity index (χ3v) is 4.09. The highest BCUT2D eigenvalue weighted by molar-refractivity contribution is 7.19. The molecule has 20 heavy (non-hydrogen) atoms.